The van der Waals surface area contributed by atoms with Gasteiger partial charge in [0.2, 0.25) is 0 Å². The van der Waals surface area contributed by atoms with Crippen LogP contribution in [0, 0.1) is 6.92 Å². The molecule has 2 rings (SSSR count). The third kappa shape index (κ3) is 3.11. The summed E-state index contributed by atoms with van der Waals surface area (Å²) >= 11 is 7.39. The number of benzene rings is 1. The molecule has 6 heteroatoms. The lowest BCUT2D eigenvalue weighted by molar-refractivity contribution is 0.301. The minimum Gasteiger partial charge on any atom is -0.486 e. The molecule has 0 aliphatic heterocycles. The van der Waals surface area contributed by atoms with Gasteiger partial charge in [-0.15, -0.1) is 5.10 Å². The first-order valence-electron chi connectivity index (χ1n) is 5.64. The predicted octanol–water partition coefficient (Wildman–Crippen LogP) is 3.51. The lowest BCUT2D eigenvalue weighted by Crippen LogP contribution is -2.02. The van der Waals surface area contributed by atoms with Crippen molar-refractivity contribution in [1.82, 2.24) is 9.59 Å². The third-order valence-corrected chi connectivity index (χ3v) is 3.38. The molecule has 1 heterocycles. The maximum Gasteiger partial charge on any atom is 0.138 e. The van der Waals surface area contributed by atoms with E-state index in [1.165, 1.54) is 11.5 Å². The van der Waals surface area contributed by atoms with Crippen LogP contribution in [0.3, 0.4) is 0 Å². The van der Waals surface area contributed by atoms with E-state index >= 15 is 0 Å². The number of nitrogens with zero attached hydrogens (tertiary/aromatic N) is 2. The first-order chi connectivity index (χ1) is 8.70. The molecular formula is C12H14ClN3OS. The number of hydrogen-bond donors (Lipinski definition) is 1. The van der Waals surface area contributed by atoms with E-state index in [9.17, 15) is 0 Å². The molecule has 1 N–H and O–H groups in total. The van der Waals surface area contributed by atoms with Crippen molar-refractivity contribution >= 4 is 28.1 Å². The van der Waals surface area contributed by atoms with Gasteiger partial charge >= 0.3 is 0 Å². The van der Waals surface area contributed by atoms with Crippen LogP contribution in [0.15, 0.2) is 18.2 Å². The van der Waals surface area contributed by atoms with Gasteiger partial charge in [0.25, 0.3) is 0 Å². The van der Waals surface area contributed by atoms with Gasteiger partial charge in [0.1, 0.15) is 23.1 Å². The minimum atomic E-state index is 0.363. The molecule has 1 aromatic heterocycles. The van der Waals surface area contributed by atoms with Gasteiger partial charge in [-0.25, -0.2) is 0 Å². The zero-order valence-corrected chi connectivity index (χ0v) is 11.8. The van der Waals surface area contributed by atoms with Gasteiger partial charge in [0.15, 0.2) is 0 Å². The Morgan fingerprint density at radius 2 is 2.28 bits per heavy atom. The van der Waals surface area contributed by atoms with Crippen molar-refractivity contribution in [3.8, 4) is 5.75 Å². The Balaban J connectivity index is 2.06. The molecule has 4 nitrogen and oxygen atoms in total. The number of nitrogens with one attached hydrogen (secondary N) is 1. The number of anilines is 1. The zero-order chi connectivity index (χ0) is 13.0. The Morgan fingerprint density at radius 3 is 3.06 bits per heavy atom. The molecule has 1 aromatic carbocycles. The fourth-order valence-electron chi connectivity index (χ4n) is 1.47. The van der Waals surface area contributed by atoms with Gasteiger partial charge in [0.05, 0.1) is 5.02 Å². The van der Waals surface area contributed by atoms with Crippen LogP contribution in [-0.2, 0) is 6.61 Å². The Morgan fingerprint density at radius 1 is 1.44 bits per heavy atom. The van der Waals surface area contributed by atoms with E-state index in [1.54, 1.807) is 0 Å². The van der Waals surface area contributed by atoms with Crippen LogP contribution in [0.5, 0.6) is 5.75 Å². The van der Waals surface area contributed by atoms with Crippen LogP contribution in [0.25, 0.3) is 0 Å². The minimum absolute atomic E-state index is 0.363. The first kappa shape index (κ1) is 13.1. The van der Waals surface area contributed by atoms with Gasteiger partial charge in [-0.05, 0) is 31.5 Å². The molecule has 0 saturated carbocycles. The van der Waals surface area contributed by atoms with Crippen molar-refractivity contribution < 1.29 is 4.74 Å². The van der Waals surface area contributed by atoms with Crippen LogP contribution >= 0.6 is 23.1 Å². The Labute approximate surface area is 115 Å². The van der Waals surface area contributed by atoms with E-state index in [0.717, 1.165) is 22.8 Å². The summed E-state index contributed by atoms with van der Waals surface area (Å²) in [7, 11) is 0. The highest BCUT2D eigenvalue weighted by atomic mass is 35.5. The molecule has 0 saturated heterocycles. The summed E-state index contributed by atoms with van der Waals surface area (Å²) in [5.41, 5.74) is 1.91. The summed E-state index contributed by atoms with van der Waals surface area (Å²) in [6.07, 6.45) is 0. The first-order valence-corrected chi connectivity index (χ1v) is 6.80. The third-order valence-electron chi connectivity index (χ3n) is 2.34. The predicted molar refractivity (Wildman–Crippen MR) is 74.6 cm³/mol. The Hall–Kier alpha value is -1.33. The lowest BCUT2D eigenvalue weighted by atomic mass is 10.2. The number of hydrogen-bond acceptors (Lipinski definition) is 5. The van der Waals surface area contributed by atoms with Gasteiger partial charge in [-0.1, -0.05) is 22.2 Å². The van der Waals surface area contributed by atoms with Crippen LogP contribution in [0.4, 0.5) is 5.00 Å². The average Bonchev–Trinajstić information content (AvgIpc) is 2.78. The van der Waals surface area contributed by atoms with E-state index in [1.807, 2.05) is 32.0 Å². The number of ether oxygens (including phenoxy) is 1. The maximum atomic E-state index is 6.06. The van der Waals surface area contributed by atoms with Crippen molar-refractivity contribution in [3.05, 3.63) is 34.5 Å². The summed E-state index contributed by atoms with van der Waals surface area (Å²) in [5, 5.41) is 8.79. The van der Waals surface area contributed by atoms with E-state index in [0.29, 0.717) is 17.4 Å². The summed E-state index contributed by atoms with van der Waals surface area (Å²) < 4.78 is 9.59. The second-order valence-corrected chi connectivity index (χ2v) is 4.96. The van der Waals surface area contributed by atoms with Crippen LogP contribution in [0.2, 0.25) is 5.02 Å². The molecule has 0 spiro atoms. The molecule has 0 radical (unpaired) electrons. The lowest BCUT2D eigenvalue weighted by Gasteiger charge is -2.08. The molecule has 0 bridgehead atoms. The van der Waals surface area contributed by atoms with Crippen molar-refractivity contribution in [2.24, 2.45) is 0 Å². The molecule has 2 aromatic rings. The van der Waals surface area contributed by atoms with Gasteiger partial charge in [0, 0.05) is 18.1 Å². The normalized spacial score (nSPS) is 10.4. The summed E-state index contributed by atoms with van der Waals surface area (Å²) in [6.45, 7) is 5.23. The molecule has 0 fully saturated rings. The maximum absolute atomic E-state index is 6.06. The summed E-state index contributed by atoms with van der Waals surface area (Å²) in [5.74, 6) is 0.673. The number of rotatable bonds is 5. The Bertz CT molecular complexity index is 530. The second kappa shape index (κ2) is 6.02. The molecule has 0 amide bonds. The molecular weight excluding hydrogens is 270 g/mol. The fraction of sp³-hybridized carbons (Fsp3) is 0.333. The SMILES string of the molecule is CCNc1snnc1COc1cc(C)ccc1Cl. The quantitative estimate of drug-likeness (QED) is 0.912. The zero-order valence-electron chi connectivity index (χ0n) is 10.2. The molecule has 0 unspecified atom stereocenters. The molecule has 96 valence electrons. The van der Waals surface area contributed by atoms with E-state index < -0.39 is 0 Å². The van der Waals surface area contributed by atoms with E-state index in [-0.39, 0.29) is 0 Å². The van der Waals surface area contributed by atoms with Crippen molar-refractivity contribution in [2.45, 2.75) is 20.5 Å². The highest BCUT2D eigenvalue weighted by Gasteiger charge is 2.09. The summed E-state index contributed by atoms with van der Waals surface area (Å²) in [6, 6.07) is 5.69. The van der Waals surface area contributed by atoms with Crippen molar-refractivity contribution in [2.75, 3.05) is 11.9 Å². The number of aryl methyl sites for hydroxylation is 1. The van der Waals surface area contributed by atoms with Gasteiger partial charge < -0.3 is 10.1 Å². The van der Waals surface area contributed by atoms with Crippen LogP contribution in [-0.4, -0.2) is 16.1 Å². The molecule has 0 aliphatic carbocycles. The van der Waals surface area contributed by atoms with Crippen LogP contribution in [0.1, 0.15) is 18.2 Å². The highest BCUT2D eigenvalue weighted by Crippen LogP contribution is 2.27. The average molecular weight is 284 g/mol. The largest absolute Gasteiger partial charge is 0.486 e. The summed E-state index contributed by atoms with van der Waals surface area (Å²) in [4.78, 5) is 0. The van der Waals surface area contributed by atoms with Crippen molar-refractivity contribution in [1.29, 1.82) is 0 Å². The Kier molecular flexibility index (Phi) is 4.38. The van der Waals surface area contributed by atoms with E-state index in [4.69, 9.17) is 16.3 Å². The van der Waals surface area contributed by atoms with E-state index in [2.05, 4.69) is 14.9 Å². The fourth-order valence-corrected chi connectivity index (χ4v) is 2.27. The topological polar surface area (TPSA) is 47.0 Å². The molecule has 18 heavy (non-hydrogen) atoms. The monoisotopic (exact) mass is 283 g/mol. The standard InChI is InChI=1S/C12H14ClN3OS/c1-3-14-12-10(15-16-18-12)7-17-11-6-8(2)4-5-9(11)13/h4-6,14H,3,7H2,1-2H3. The highest BCUT2D eigenvalue weighted by molar-refractivity contribution is 7.10. The van der Waals surface area contributed by atoms with Crippen LogP contribution < -0.4 is 10.1 Å². The molecule has 0 aliphatic rings. The smallest absolute Gasteiger partial charge is 0.138 e. The number of halogens is 1. The number of aromatic nitrogens is 2. The van der Waals surface area contributed by atoms with Crippen molar-refractivity contribution in [3.63, 3.8) is 0 Å². The van der Waals surface area contributed by atoms with Gasteiger partial charge in [-0.3, -0.25) is 0 Å². The second-order valence-electron chi connectivity index (χ2n) is 3.80. The van der Waals surface area contributed by atoms with Gasteiger partial charge in [-0.2, -0.15) is 0 Å². The molecule has 0 atom stereocenters.